The van der Waals surface area contributed by atoms with Crippen molar-refractivity contribution in [2.75, 3.05) is 0 Å². The number of nitrogens with zero attached hydrogens (tertiary/aromatic N) is 1. The Morgan fingerprint density at radius 3 is 2.86 bits per heavy atom. The fraction of sp³-hybridized carbons (Fsp3) is 0.409. The van der Waals surface area contributed by atoms with Crippen molar-refractivity contribution in [2.24, 2.45) is 16.5 Å². The minimum Gasteiger partial charge on any atom is -0.454 e. The average Bonchev–Trinajstić information content (AvgIpc) is 3.24. The van der Waals surface area contributed by atoms with E-state index >= 15 is 0 Å². The summed E-state index contributed by atoms with van der Waals surface area (Å²) >= 11 is 3.14. The van der Waals surface area contributed by atoms with Crippen molar-refractivity contribution in [3.05, 3.63) is 57.4 Å². The number of carbonyl (C=O) groups excluding carboxylic acids is 2. The van der Waals surface area contributed by atoms with Crippen LogP contribution in [-0.2, 0) is 19.2 Å². The van der Waals surface area contributed by atoms with Gasteiger partial charge in [0.05, 0.1) is 16.1 Å². The van der Waals surface area contributed by atoms with Crippen molar-refractivity contribution in [1.29, 1.82) is 0 Å². The standard InChI is InChI=1S/C22H19BrFNO4/c1-11-17(26)6-8-21(2)7-5-13-19(18(11)21)28-20(27)22(13)10-16(25-29-22)12-3-4-14(23)15(24)9-12/h3-4,6,8-9,13,19H,5,7,10H2,1-2H3/t13-,19+,21+,22?/m1/s1. The lowest BCUT2D eigenvalue weighted by Crippen LogP contribution is -2.47. The number of ketones is 1. The van der Waals surface area contributed by atoms with Crippen molar-refractivity contribution in [2.45, 2.75) is 44.8 Å². The van der Waals surface area contributed by atoms with Gasteiger partial charge in [0.2, 0.25) is 5.60 Å². The minimum absolute atomic E-state index is 0.0512. The molecule has 0 amide bonds. The molecule has 1 saturated carbocycles. The molecule has 150 valence electrons. The molecule has 4 atom stereocenters. The summed E-state index contributed by atoms with van der Waals surface area (Å²) < 4.78 is 20.2. The summed E-state index contributed by atoms with van der Waals surface area (Å²) in [5.41, 5.74) is 1.09. The molecule has 1 saturated heterocycles. The molecule has 7 heteroatoms. The molecule has 0 N–H and O–H groups in total. The molecular formula is C22H19BrFNO4. The van der Waals surface area contributed by atoms with E-state index in [0.717, 1.165) is 12.0 Å². The van der Waals surface area contributed by atoms with Crippen LogP contribution in [0.4, 0.5) is 4.39 Å². The Bertz CT molecular complexity index is 1060. The fourth-order valence-corrected chi connectivity index (χ4v) is 5.42. The highest BCUT2D eigenvalue weighted by Gasteiger charge is 2.66. The van der Waals surface area contributed by atoms with Crippen molar-refractivity contribution in [3.8, 4) is 0 Å². The van der Waals surface area contributed by atoms with Gasteiger partial charge in [0, 0.05) is 23.0 Å². The summed E-state index contributed by atoms with van der Waals surface area (Å²) in [4.78, 5) is 31.0. The van der Waals surface area contributed by atoms with Gasteiger partial charge in [-0.25, -0.2) is 9.18 Å². The maximum absolute atomic E-state index is 14.0. The number of allylic oxidation sites excluding steroid dienone is 3. The van der Waals surface area contributed by atoms with Crippen molar-refractivity contribution in [1.82, 2.24) is 0 Å². The number of halogens is 2. The quantitative estimate of drug-likeness (QED) is 0.588. The number of benzene rings is 1. The van der Waals surface area contributed by atoms with Crippen LogP contribution in [0.1, 0.15) is 38.7 Å². The minimum atomic E-state index is -1.22. The predicted molar refractivity (Wildman–Crippen MR) is 107 cm³/mol. The largest absolute Gasteiger partial charge is 0.454 e. The van der Waals surface area contributed by atoms with Gasteiger partial charge in [-0.05, 0) is 59.5 Å². The van der Waals surface area contributed by atoms with Crippen molar-refractivity contribution in [3.63, 3.8) is 0 Å². The summed E-state index contributed by atoms with van der Waals surface area (Å²) in [6, 6.07) is 4.72. The van der Waals surface area contributed by atoms with Gasteiger partial charge in [-0.3, -0.25) is 4.79 Å². The highest BCUT2D eigenvalue weighted by molar-refractivity contribution is 9.10. The summed E-state index contributed by atoms with van der Waals surface area (Å²) in [5.74, 6) is -1.16. The first-order chi connectivity index (χ1) is 13.7. The molecule has 2 heterocycles. The smallest absolute Gasteiger partial charge is 0.354 e. The molecule has 2 aliphatic heterocycles. The van der Waals surface area contributed by atoms with E-state index in [9.17, 15) is 14.0 Å². The second kappa shape index (κ2) is 6.11. The molecule has 1 aromatic carbocycles. The molecule has 0 bridgehead atoms. The lowest BCUT2D eigenvalue weighted by molar-refractivity contribution is -0.158. The second-order valence-electron chi connectivity index (χ2n) is 8.45. The molecule has 5 rings (SSSR count). The van der Waals surface area contributed by atoms with E-state index in [-0.39, 0.29) is 23.5 Å². The van der Waals surface area contributed by atoms with E-state index in [1.54, 1.807) is 25.1 Å². The molecule has 0 radical (unpaired) electrons. The normalized spacial score (nSPS) is 35.4. The van der Waals surface area contributed by atoms with Crippen LogP contribution >= 0.6 is 15.9 Å². The number of rotatable bonds is 1. The van der Waals surface area contributed by atoms with Gasteiger partial charge in [-0.2, -0.15) is 0 Å². The van der Waals surface area contributed by atoms with Crippen LogP contribution in [0.5, 0.6) is 0 Å². The van der Waals surface area contributed by atoms with Gasteiger partial charge in [-0.1, -0.05) is 24.2 Å². The topological polar surface area (TPSA) is 65.0 Å². The molecule has 4 aliphatic rings. The predicted octanol–water partition coefficient (Wildman–Crippen LogP) is 4.25. The zero-order chi connectivity index (χ0) is 20.6. The zero-order valence-electron chi connectivity index (χ0n) is 16.0. The molecule has 1 aromatic rings. The van der Waals surface area contributed by atoms with E-state index in [1.807, 2.05) is 6.08 Å². The lowest BCUT2D eigenvalue weighted by atomic mass is 9.60. The number of oxime groups is 1. The molecule has 29 heavy (non-hydrogen) atoms. The first-order valence-electron chi connectivity index (χ1n) is 9.61. The number of carbonyl (C=O) groups is 2. The second-order valence-corrected chi connectivity index (χ2v) is 9.30. The van der Waals surface area contributed by atoms with Gasteiger partial charge < -0.3 is 9.57 Å². The summed E-state index contributed by atoms with van der Waals surface area (Å²) in [7, 11) is 0. The lowest BCUT2D eigenvalue weighted by Gasteiger charge is -2.43. The first-order valence-corrected chi connectivity index (χ1v) is 10.4. The van der Waals surface area contributed by atoms with Gasteiger partial charge in [-0.15, -0.1) is 0 Å². The number of hydrogen-bond donors (Lipinski definition) is 0. The average molecular weight is 460 g/mol. The van der Waals surface area contributed by atoms with E-state index in [2.05, 4.69) is 28.0 Å². The molecule has 2 fully saturated rings. The van der Waals surface area contributed by atoms with E-state index in [0.29, 0.717) is 27.7 Å². The zero-order valence-corrected chi connectivity index (χ0v) is 17.6. The monoisotopic (exact) mass is 459 g/mol. The van der Waals surface area contributed by atoms with Crippen molar-refractivity contribution >= 4 is 33.4 Å². The Labute approximate surface area is 175 Å². The Morgan fingerprint density at radius 2 is 2.10 bits per heavy atom. The van der Waals surface area contributed by atoms with Crippen LogP contribution in [-0.4, -0.2) is 29.2 Å². The molecule has 1 unspecified atom stereocenters. The third-order valence-corrected chi connectivity index (χ3v) is 7.44. The van der Waals surface area contributed by atoms with Crippen molar-refractivity contribution < 1.29 is 23.6 Å². The third-order valence-electron chi connectivity index (χ3n) is 6.80. The van der Waals surface area contributed by atoms with Gasteiger partial charge in [0.15, 0.2) is 5.78 Å². The van der Waals surface area contributed by atoms with E-state index < -0.39 is 23.5 Å². The highest BCUT2D eigenvalue weighted by atomic mass is 79.9. The molecule has 2 aliphatic carbocycles. The Hall–Kier alpha value is -2.28. The summed E-state index contributed by atoms with van der Waals surface area (Å²) in [5, 5.41) is 4.15. The molecule has 5 nitrogen and oxygen atoms in total. The van der Waals surface area contributed by atoms with Gasteiger partial charge in [0.1, 0.15) is 11.9 Å². The third kappa shape index (κ3) is 2.52. The van der Waals surface area contributed by atoms with Crippen LogP contribution in [0.3, 0.4) is 0 Å². The molecule has 0 aromatic heterocycles. The van der Waals surface area contributed by atoms with Crippen LogP contribution in [0.25, 0.3) is 0 Å². The molecular weight excluding hydrogens is 441 g/mol. The maximum Gasteiger partial charge on any atom is 0.354 e. The fourth-order valence-electron chi connectivity index (χ4n) is 5.17. The number of esters is 1. The van der Waals surface area contributed by atoms with Crippen LogP contribution in [0, 0.1) is 17.2 Å². The summed E-state index contributed by atoms with van der Waals surface area (Å²) in [6.45, 7) is 3.87. The van der Waals surface area contributed by atoms with Gasteiger partial charge >= 0.3 is 5.97 Å². The Morgan fingerprint density at radius 1 is 1.31 bits per heavy atom. The maximum atomic E-state index is 14.0. The van der Waals surface area contributed by atoms with E-state index in [1.165, 1.54) is 6.07 Å². The number of ether oxygens (including phenoxy) is 1. The highest BCUT2D eigenvalue weighted by Crippen LogP contribution is 2.56. The van der Waals surface area contributed by atoms with Crippen LogP contribution in [0.2, 0.25) is 0 Å². The SMILES string of the molecule is CC1=C2[C@H]3OC(=O)C4(CC(c5ccc(Br)c(F)c5)=NO4)[C@@H]3CC[C@@]2(C)C=CC1=O. The Kier molecular flexibility index (Phi) is 3.95. The number of fused-ring (bicyclic) bond motifs is 4. The Balaban J connectivity index is 1.50. The first kappa shape index (κ1) is 18.7. The number of hydrogen-bond acceptors (Lipinski definition) is 5. The molecule has 1 spiro atoms. The van der Waals surface area contributed by atoms with Crippen LogP contribution < -0.4 is 0 Å². The van der Waals surface area contributed by atoms with Crippen LogP contribution in [0.15, 0.2) is 51.1 Å². The summed E-state index contributed by atoms with van der Waals surface area (Å²) in [6.07, 6.45) is 4.75. The van der Waals surface area contributed by atoms with Gasteiger partial charge in [0.25, 0.3) is 0 Å². The van der Waals surface area contributed by atoms with E-state index in [4.69, 9.17) is 9.57 Å².